The number of pyridine rings is 1. The highest BCUT2D eigenvalue weighted by atomic mass is 35.5. The SMILES string of the molecule is Nc1c(C(=O)NCc2ccc(Cl)s2)sc2cccnc12. The first-order valence-corrected chi connectivity index (χ1v) is 7.81. The molecule has 0 unspecified atom stereocenters. The molecular formula is C13H10ClN3OS2. The van der Waals surface area contributed by atoms with Crippen LogP contribution in [0.5, 0.6) is 0 Å². The monoisotopic (exact) mass is 323 g/mol. The van der Waals surface area contributed by atoms with Crippen LogP contribution in [0.15, 0.2) is 30.5 Å². The lowest BCUT2D eigenvalue weighted by atomic mass is 10.3. The summed E-state index contributed by atoms with van der Waals surface area (Å²) >= 11 is 8.65. The second-order valence-electron chi connectivity index (χ2n) is 4.08. The van der Waals surface area contributed by atoms with E-state index in [9.17, 15) is 4.79 Å². The van der Waals surface area contributed by atoms with Gasteiger partial charge < -0.3 is 11.1 Å². The van der Waals surface area contributed by atoms with Crippen molar-refractivity contribution >= 4 is 56.1 Å². The van der Waals surface area contributed by atoms with E-state index in [0.29, 0.717) is 27.0 Å². The number of rotatable bonds is 3. The normalized spacial score (nSPS) is 10.8. The molecule has 3 heterocycles. The number of hydrogen-bond acceptors (Lipinski definition) is 5. The number of thiophene rings is 2. The predicted octanol–water partition coefficient (Wildman–Crippen LogP) is 3.52. The number of anilines is 1. The van der Waals surface area contributed by atoms with Crippen molar-refractivity contribution in [1.82, 2.24) is 10.3 Å². The summed E-state index contributed by atoms with van der Waals surface area (Å²) in [6, 6.07) is 7.43. The average Bonchev–Trinajstić information content (AvgIpc) is 3.01. The number of nitrogens with one attached hydrogen (secondary N) is 1. The van der Waals surface area contributed by atoms with Gasteiger partial charge in [-0.25, -0.2) is 0 Å². The third-order valence-electron chi connectivity index (χ3n) is 2.74. The fourth-order valence-corrected chi connectivity index (χ4v) is 3.84. The fraction of sp³-hybridized carbons (Fsp3) is 0.0769. The van der Waals surface area contributed by atoms with Crippen LogP contribution in [0.4, 0.5) is 5.69 Å². The maximum absolute atomic E-state index is 12.2. The van der Waals surface area contributed by atoms with Crippen LogP contribution in [0.1, 0.15) is 14.5 Å². The highest BCUT2D eigenvalue weighted by Crippen LogP contribution is 2.31. The van der Waals surface area contributed by atoms with Crippen LogP contribution < -0.4 is 11.1 Å². The number of amides is 1. The molecule has 0 atom stereocenters. The van der Waals surface area contributed by atoms with Crippen LogP contribution in [-0.2, 0) is 6.54 Å². The Bertz CT molecular complexity index is 781. The number of nitrogens with zero attached hydrogens (tertiary/aromatic N) is 1. The van der Waals surface area contributed by atoms with Gasteiger partial charge in [0.25, 0.3) is 5.91 Å². The van der Waals surface area contributed by atoms with Gasteiger partial charge in [0.15, 0.2) is 0 Å². The Hall–Kier alpha value is -1.63. The van der Waals surface area contributed by atoms with Crippen LogP contribution in [-0.4, -0.2) is 10.9 Å². The van der Waals surface area contributed by atoms with Crippen molar-refractivity contribution in [1.29, 1.82) is 0 Å². The van der Waals surface area contributed by atoms with Gasteiger partial charge in [0, 0.05) is 11.1 Å². The molecule has 3 N–H and O–H groups in total. The Labute approximate surface area is 128 Å². The van der Waals surface area contributed by atoms with E-state index in [1.807, 2.05) is 24.3 Å². The minimum Gasteiger partial charge on any atom is -0.396 e. The van der Waals surface area contributed by atoms with Crippen LogP contribution in [0.25, 0.3) is 10.2 Å². The number of nitrogen functional groups attached to an aromatic ring is 1. The first-order chi connectivity index (χ1) is 9.65. The van der Waals surface area contributed by atoms with Gasteiger partial charge >= 0.3 is 0 Å². The van der Waals surface area contributed by atoms with Crippen LogP contribution in [0.3, 0.4) is 0 Å². The minimum absolute atomic E-state index is 0.185. The molecule has 4 nitrogen and oxygen atoms in total. The zero-order chi connectivity index (χ0) is 14.1. The van der Waals surface area contributed by atoms with Gasteiger partial charge in [-0.1, -0.05) is 11.6 Å². The molecule has 0 saturated carbocycles. The predicted molar refractivity (Wildman–Crippen MR) is 84.5 cm³/mol. The van der Waals surface area contributed by atoms with Crippen LogP contribution in [0.2, 0.25) is 4.34 Å². The van der Waals surface area contributed by atoms with Gasteiger partial charge in [0.1, 0.15) is 10.4 Å². The number of fused-ring (bicyclic) bond motifs is 1. The molecule has 0 aliphatic heterocycles. The highest BCUT2D eigenvalue weighted by molar-refractivity contribution is 7.21. The molecule has 0 fully saturated rings. The van der Waals surface area contributed by atoms with Gasteiger partial charge in [0.05, 0.1) is 21.3 Å². The van der Waals surface area contributed by atoms with E-state index in [4.69, 9.17) is 17.3 Å². The molecule has 0 spiro atoms. The number of hydrogen-bond donors (Lipinski definition) is 2. The molecule has 3 aromatic rings. The maximum Gasteiger partial charge on any atom is 0.263 e. The minimum atomic E-state index is -0.185. The summed E-state index contributed by atoms with van der Waals surface area (Å²) in [5, 5.41) is 2.85. The molecule has 7 heteroatoms. The second kappa shape index (κ2) is 5.40. The van der Waals surface area contributed by atoms with E-state index < -0.39 is 0 Å². The Morgan fingerprint density at radius 2 is 2.20 bits per heavy atom. The van der Waals surface area contributed by atoms with Gasteiger partial charge in [-0.2, -0.15) is 0 Å². The van der Waals surface area contributed by atoms with E-state index in [-0.39, 0.29) is 5.91 Å². The molecule has 0 aromatic carbocycles. The largest absolute Gasteiger partial charge is 0.396 e. The van der Waals surface area contributed by atoms with E-state index in [1.165, 1.54) is 22.7 Å². The van der Waals surface area contributed by atoms with Crippen LogP contribution >= 0.6 is 34.3 Å². The van der Waals surface area contributed by atoms with E-state index >= 15 is 0 Å². The molecule has 0 bridgehead atoms. The first-order valence-electron chi connectivity index (χ1n) is 5.80. The molecule has 20 heavy (non-hydrogen) atoms. The number of nitrogens with two attached hydrogens (primary N) is 1. The molecular weight excluding hydrogens is 314 g/mol. The van der Waals surface area contributed by atoms with Gasteiger partial charge in [0.2, 0.25) is 0 Å². The van der Waals surface area contributed by atoms with E-state index in [1.54, 1.807) is 6.20 Å². The number of halogens is 1. The molecule has 1 amide bonds. The van der Waals surface area contributed by atoms with Crippen molar-refractivity contribution in [2.75, 3.05) is 5.73 Å². The van der Waals surface area contributed by atoms with Crippen molar-refractivity contribution in [3.63, 3.8) is 0 Å². The van der Waals surface area contributed by atoms with E-state index in [2.05, 4.69) is 10.3 Å². The van der Waals surface area contributed by atoms with Crippen LogP contribution in [0, 0.1) is 0 Å². The zero-order valence-electron chi connectivity index (χ0n) is 10.2. The number of carbonyl (C=O) groups excluding carboxylic acids is 1. The summed E-state index contributed by atoms with van der Waals surface area (Å²) in [5.74, 6) is -0.185. The Kier molecular flexibility index (Phi) is 3.60. The summed E-state index contributed by atoms with van der Waals surface area (Å²) in [6.45, 7) is 0.442. The Morgan fingerprint density at radius 3 is 2.90 bits per heavy atom. The summed E-state index contributed by atoms with van der Waals surface area (Å²) in [7, 11) is 0. The summed E-state index contributed by atoms with van der Waals surface area (Å²) in [4.78, 5) is 17.9. The van der Waals surface area contributed by atoms with Crippen molar-refractivity contribution in [3.05, 3.63) is 44.6 Å². The zero-order valence-corrected chi connectivity index (χ0v) is 12.6. The lowest BCUT2D eigenvalue weighted by molar-refractivity contribution is 0.0956. The molecule has 0 aliphatic carbocycles. The maximum atomic E-state index is 12.2. The summed E-state index contributed by atoms with van der Waals surface area (Å²) in [5.41, 5.74) is 7.10. The Balaban J connectivity index is 1.80. The third-order valence-corrected chi connectivity index (χ3v) is 5.13. The van der Waals surface area contributed by atoms with Crippen molar-refractivity contribution in [2.45, 2.75) is 6.54 Å². The van der Waals surface area contributed by atoms with Crippen molar-refractivity contribution < 1.29 is 4.79 Å². The quantitative estimate of drug-likeness (QED) is 0.775. The van der Waals surface area contributed by atoms with Gasteiger partial charge in [-0.3, -0.25) is 9.78 Å². The number of carbonyl (C=O) groups is 1. The summed E-state index contributed by atoms with van der Waals surface area (Å²) < 4.78 is 1.62. The van der Waals surface area contributed by atoms with Gasteiger partial charge in [-0.15, -0.1) is 22.7 Å². The number of aromatic nitrogens is 1. The average molecular weight is 324 g/mol. The standard InChI is InChI=1S/C13H10ClN3OS2/c14-9-4-3-7(19-9)6-17-13(18)12-10(15)11-8(20-12)2-1-5-16-11/h1-5H,6,15H2,(H,17,18). The van der Waals surface area contributed by atoms with Crippen molar-refractivity contribution in [3.8, 4) is 0 Å². The topological polar surface area (TPSA) is 68.0 Å². The van der Waals surface area contributed by atoms with Crippen molar-refractivity contribution in [2.24, 2.45) is 0 Å². The Morgan fingerprint density at radius 1 is 1.35 bits per heavy atom. The van der Waals surface area contributed by atoms with Gasteiger partial charge in [-0.05, 0) is 24.3 Å². The van der Waals surface area contributed by atoms with E-state index in [0.717, 1.165) is 9.58 Å². The molecule has 0 aliphatic rings. The first kappa shape index (κ1) is 13.4. The fourth-order valence-electron chi connectivity index (χ4n) is 1.81. The molecule has 3 rings (SSSR count). The lowest BCUT2D eigenvalue weighted by Gasteiger charge is -2.02. The molecule has 102 valence electrons. The second-order valence-corrected chi connectivity index (χ2v) is 6.94. The smallest absolute Gasteiger partial charge is 0.263 e. The molecule has 0 radical (unpaired) electrons. The summed E-state index contributed by atoms with van der Waals surface area (Å²) in [6.07, 6.45) is 1.67. The highest BCUT2D eigenvalue weighted by Gasteiger charge is 2.16. The molecule has 0 saturated heterocycles. The molecule has 3 aromatic heterocycles. The lowest BCUT2D eigenvalue weighted by Crippen LogP contribution is -2.22. The third kappa shape index (κ3) is 2.49.